The molecule has 1 N–H and O–H groups in total. The number of likely N-dealkylation sites (N-methyl/N-ethyl adjacent to an activating group) is 1. The number of fused-ring (bicyclic) bond motifs is 1. The zero-order chi connectivity index (χ0) is 26.5. The Morgan fingerprint density at radius 3 is 2.35 bits per heavy atom. The number of urea groups is 1. The summed E-state index contributed by atoms with van der Waals surface area (Å²) in [5.74, 6) is 0.513. The highest BCUT2D eigenvalue weighted by molar-refractivity contribution is 9.10. The molecule has 0 saturated heterocycles. The number of benzene rings is 3. The maximum Gasteiger partial charge on any atom is 0.322 e. The number of hydrogen-bond acceptors (Lipinski definition) is 4. The number of aromatic nitrogens is 2. The maximum absolute atomic E-state index is 13.8. The van der Waals surface area contributed by atoms with E-state index in [1.807, 2.05) is 68.4 Å². The molecule has 2 amide bonds. The molecule has 0 radical (unpaired) electrons. The Bertz CT molecular complexity index is 1440. The van der Waals surface area contributed by atoms with Gasteiger partial charge in [0.1, 0.15) is 5.82 Å². The highest BCUT2D eigenvalue weighted by Gasteiger charge is 2.29. The fourth-order valence-corrected chi connectivity index (χ4v) is 4.58. The minimum atomic E-state index is -0.465. The van der Waals surface area contributed by atoms with Crippen LogP contribution in [0.4, 0.5) is 10.5 Å². The second-order valence-corrected chi connectivity index (χ2v) is 10.3. The number of hydrogen-bond donors (Lipinski definition) is 1. The summed E-state index contributed by atoms with van der Waals surface area (Å²) in [4.78, 5) is 36.2. The summed E-state index contributed by atoms with van der Waals surface area (Å²) >= 11 is 9.50. The number of halogens is 2. The average Bonchev–Trinajstić information content (AvgIpc) is 2.88. The third-order valence-electron chi connectivity index (χ3n) is 6.09. The van der Waals surface area contributed by atoms with Crippen LogP contribution in [0.25, 0.3) is 16.6 Å². The number of nitrogens with one attached hydrogen (secondary N) is 1. The largest absolute Gasteiger partial charge is 0.322 e. The summed E-state index contributed by atoms with van der Waals surface area (Å²) in [6.07, 6.45) is 0.558. The van der Waals surface area contributed by atoms with Crippen LogP contribution in [0.3, 0.4) is 0 Å². The highest BCUT2D eigenvalue weighted by atomic mass is 79.9. The van der Waals surface area contributed by atoms with E-state index in [1.54, 1.807) is 39.8 Å². The summed E-state index contributed by atoms with van der Waals surface area (Å²) in [5, 5.41) is 4.10. The van der Waals surface area contributed by atoms with Crippen LogP contribution in [-0.2, 0) is 0 Å². The standard InChI is InChI=1S/C28H29BrClN5O2/c1-4-25(34(18-17-33(2)3)28(37)31-21-13-11-20(30)12-14-21)26-32-24-8-6-5-7-23(24)27(36)35(26)22-15-9-19(29)10-16-22/h5-16,25H,4,17-18H2,1-3H3,(H,31,37). The van der Waals surface area contributed by atoms with Gasteiger partial charge >= 0.3 is 6.03 Å². The molecule has 3 aromatic carbocycles. The molecule has 0 spiro atoms. The lowest BCUT2D eigenvalue weighted by Gasteiger charge is -2.33. The molecule has 192 valence electrons. The molecule has 0 saturated carbocycles. The number of rotatable bonds is 8. The lowest BCUT2D eigenvalue weighted by atomic mass is 10.1. The SMILES string of the molecule is CCC(c1nc2ccccc2c(=O)n1-c1ccc(Br)cc1)N(CCN(C)C)C(=O)Nc1ccc(Cl)cc1. The van der Waals surface area contributed by atoms with Gasteiger partial charge in [0.2, 0.25) is 0 Å². The Labute approximate surface area is 229 Å². The van der Waals surface area contributed by atoms with E-state index in [1.165, 1.54) is 0 Å². The minimum absolute atomic E-state index is 0.174. The van der Waals surface area contributed by atoms with Crippen molar-refractivity contribution in [3.8, 4) is 5.69 Å². The molecule has 1 aromatic heterocycles. The summed E-state index contributed by atoms with van der Waals surface area (Å²) in [6.45, 7) is 3.07. The Balaban J connectivity index is 1.85. The predicted octanol–water partition coefficient (Wildman–Crippen LogP) is 6.35. The third-order valence-corrected chi connectivity index (χ3v) is 6.87. The van der Waals surface area contributed by atoms with Crippen molar-refractivity contribution >= 4 is 50.2 Å². The van der Waals surface area contributed by atoms with E-state index in [2.05, 4.69) is 21.2 Å². The van der Waals surface area contributed by atoms with Gasteiger partial charge in [-0.05, 0) is 81.2 Å². The van der Waals surface area contributed by atoms with Crippen LogP contribution in [0.15, 0.2) is 82.1 Å². The Hall–Kier alpha value is -3.20. The number of para-hydroxylation sites is 1. The molecule has 1 atom stereocenters. The first-order chi connectivity index (χ1) is 17.8. The molecule has 9 heteroatoms. The summed E-state index contributed by atoms with van der Waals surface area (Å²) in [7, 11) is 3.92. The molecule has 37 heavy (non-hydrogen) atoms. The van der Waals surface area contributed by atoms with Crippen LogP contribution in [-0.4, -0.2) is 52.6 Å². The molecular weight excluding hydrogens is 554 g/mol. The van der Waals surface area contributed by atoms with Gasteiger partial charge in [-0.15, -0.1) is 0 Å². The van der Waals surface area contributed by atoms with Crippen LogP contribution in [0.1, 0.15) is 25.2 Å². The van der Waals surface area contributed by atoms with Gasteiger partial charge in [0.15, 0.2) is 0 Å². The van der Waals surface area contributed by atoms with Crippen molar-refractivity contribution in [3.05, 3.63) is 98.5 Å². The quantitative estimate of drug-likeness (QED) is 0.263. The zero-order valence-corrected chi connectivity index (χ0v) is 23.3. The molecule has 1 heterocycles. The molecule has 1 unspecified atom stereocenters. The van der Waals surface area contributed by atoms with Gasteiger partial charge < -0.3 is 15.1 Å². The van der Waals surface area contributed by atoms with Gasteiger partial charge in [-0.25, -0.2) is 9.78 Å². The highest BCUT2D eigenvalue weighted by Crippen LogP contribution is 2.27. The van der Waals surface area contributed by atoms with E-state index in [9.17, 15) is 9.59 Å². The molecule has 7 nitrogen and oxygen atoms in total. The second-order valence-electron chi connectivity index (χ2n) is 8.96. The van der Waals surface area contributed by atoms with E-state index in [-0.39, 0.29) is 11.6 Å². The van der Waals surface area contributed by atoms with Gasteiger partial charge in [0, 0.05) is 28.3 Å². The van der Waals surface area contributed by atoms with Gasteiger partial charge in [0.25, 0.3) is 5.56 Å². The molecule has 4 rings (SSSR count). The van der Waals surface area contributed by atoms with Crippen LogP contribution in [0.2, 0.25) is 5.02 Å². The lowest BCUT2D eigenvalue weighted by molar-refractivity contribution is 0.173. The van der Waals surface area contributed by atoms with E-state index >= 15 is 0 Å². The van der Waals surface area contributed by atoms with E-state index < -0.39 is 6.04 Å². The van der Waals surface area contributed by atoms with Crippen molar-refractivity contribution in [2.24, 2.45) is 0 Å². The molecule has 0 aliphatic heterocycles. The smallest absolute Gasteiger partial charge is 0.313 e. The van der Waals surface area contributed by atoms with Crippen LogP contribution in [0.5, 0.6) is 0 Å². The normalized spacial score (nSPS) is 12.1. The predicted molar refractivity (Wildman–Crippen MR) is 154 cm³/mol. The topological polar surface area (TPSA) is 70.5 Å². The van der Waals surface area contributed by atoms with E-state index in [0.717, 1.165) is 4.47 Å². The number of amides is 2. The first kappa shape index (κ1) is 26.9. The molecule has 0 bridgehead atoms. The molecule has 0 fully saturated rings. The van der Waals surface area contributed by atoms with Crippen LogP contribution < -0.4 is 10.9 Å². The number of carbonyl (C=O) groups excluding carboxylic acids is 1. The number of carbonyl (C=O) groups is 1. The molecule has 0 aliphatic carbocycles. The summed E-state index contributed by atoms with van der Waals surface area (Å²) in [5.41, 5.74) is 1.74. The summed E-state index contributed by atoms with van der Waals surface area (Å²) in [6, 6.07) is 21.1. The Morgan fingerprint density at radius 2 is 1.70 bits per heavy atom. The van der Waals surface area contributed by atoms with Crippen LogP contribution >= 0.6 is 27.5 Å². The van der Waals surface area contributed by atoms with Crippen molar-refractivity contribution < 1.29 is 4.79 Å². The number of nitrogens with zero attached hydrogens (tertiary/aromatic N) is 4. The fraction of sp³-hybridized carbons (Fsp3) is 0.250. The summed E-state index contributed by atoms with van der Waals surface area (Å²) < 4.78 is 2.53. The van der Waals surface area contributed by atoms with Crippen molar-refractivity contribution in [2.75, 3.05) is 32.5 Å². The maximum atomic E-state index is 13.8. The van der Waals surface area contributed by atoms with Crippen LogP contribution in [0, 0.1) is 0 Å². The zero-order valence-electron chi connectivity index (χ0n) is 21.0. The van der Waals surface area contributed by atoms with Gasteiger partial charge in [-0.1, -0.05) is 46.6 Å². The second kappa shape index (κ2) is 11.9. The first-order valence-corrected chi connectivity index (χ1v) is 13.2. The third kappa shape index (κ3) is 6.21. The fourth-order valence-electron chi connectivity index (χ4n) is 4.19. The first-order valence-electron chi connectivity index (χ1n) is 12.0. The van der Waals surface area contributed by atoms with Gasteiger partial charge in [0.05, 0.1) is 22.6 Å². The van der Waals surface area contributed by atoms with Gasteiger partial charge in [-0.2, -0.15) is 0 Å². The lowest BCUT2D eigenvalue weighted by Crippen LogP contribution is -2.43. The van der Waals surface area contributed by atoms with E-state index in [4.69, 9.17) is 16.6 Å². The van der Waals surface area contributed by atoms with Gasteiger partial charge in [-0.3, -0.25) is 9.36 Å². The van der Waals surface area contributed by atoms with Crippen molar-refractivity contribution in [1.29, 1.82) is 0 Å². The van der Waals surface area contributed by atoms with Crippen molar-refractivity contribution in [1.82, 2.24) is 19.4 Å². The molecule has 4 aromatic rings. The minimum Gasteiger partial charge on any atom is -0.313 e. The monoisotopic (exact) mass is 581 g/mol. The molecular formula is C28H29BrClN5O2. The number of anilines is 1. The van der Waals surface area contributed by atoms with E-state index in [0.29, 0.717) is 52.6 Å². The Kier molecular flexibility index (Phi) is 8.63. The molecule has 0 aliphatic rings. The Morgan fingerprint density at radius 1 is 1.03 bits per heavy atom. The van der Waals surface area contributed by atoms with Crippen molar-refractivity contribution in [3.63, 3.8) is 0 Å². The average molecular weight is 583 g/mol. The van der Waals surface area contributed by atoms with Crippen molar-refractivity contribution in [2.45, 2.75) is 19.4 Å².